The van der Waals surface area contributed by atoms with E-state index in [0.29, 0.717) is 12.5 Å². The van der Waals surface area contributed by atoms with E-state index in [9.17, 15) is 0 Å². The second-order valence-corrected chi connectivity index (χ2v) is 5.07. The Labute approximate surface area is 106 Å². The van der Waals surface area contributed by atoms with Crippen molar-refractivity contribution in [2.45, 2.75) is 38.8 Å². The quantitative estimate of drug-likeness (QED) is 0.805. The maximum atomic E-state index is 8.68. The molecule has 0 aromatic carbocycles. The van der Waals surface area contributed by atoms with Crippen molar-refractivity contribution >= 4 is 16.5 Å². The Bertz CT molecular complexity index is 391. The Morgan fingerprint density at radius 2 is 2.47 bits per heavy atom. The molecule has 1 heterocycles. The number of nitriles is 1. The Kier molecular flexibility index (Phi) is 4.35. The van der Waals surface area contributed by atoms with Gasteiger partial charge in [-0.3, -0.25) is 0 Å². The fourth-order valence-corrected chi connectivity index (χ4v) is 2.68. The number of nitrogens with zero attached hydrogens (tertiary/aromatic N) is 3. The molecule has 0 radical (unpaired) electrons. The van der Waals surface area contributed by atoms with Crippen molar-refractivity contribution < 1.29 is 0 Å². The summed E-state index contributed by atoms with van der Waals surface area (Å²) in [5.41, 5.74) is 1.11. The van der Waals surface area contributed by atoms with Crippen LogP contribution in [0, 0.1) is 11.3 Å². The van der Waals surface area contributed by atoms with E-state index in [1.54, 1.807) is 11.3 Å². The lowest BCUT2D eigenvalue weighted by Gasteiger charge is -2.19. The van der Waals surface area contributed by atoms with Gasteiger partial charge >= 0.3 is 0 Å². The van der Waals surface area contributed by atoms with Crippen molar-refractivity contribution in [3.05, 3.63) is 11.1 Å². The largest absolute Gasteiger partial charge is 0.344 e. The van der Waals surface area contributed by atoms with E-state index in [-0.39, 0.29) is 0 Å². The first-order valence-corrected chi connectivity index (χ1v) is 7.01. The third kappa shape index (κ3) is 3.42. The fraction of sp³-hybridized carbons (Fsp3) is 0.667. The molecule has 1 aliphatic carbocycles. The number of hydrogen-bond acceptors (Lipinski definition) is 5. The molecule has 0 saturated heterocycles. The van der Waals surface area contributed by atoms with Gasteiger partial charge in [0, 0.05) is 24.5 Å². The van der Waals surface area contributed by atoms with Gasteiger partial charge in [-0.25, -0.2) is 4.98 Å². The van der Waals surface area contributed by atoms with Crippen LogP contribution in [0.15, 0.2) is 5.38 Å². The van der Waals surface area contributed by atoms with Crippen LogP contribution in [0.1, 0.15) is 31.9 Å². The minimum atomic E-state index is 0.582. The molecule has 0 atom stereocenters. The highest BCUT2D eigenvalue weighted by Gasteiger charge is 2.30. The SMILES string of the molecule is CCNCc1csc(N(CCC#N)C2CC2)n1. The van der Waals surface area contributed by atoms with Gasteiger partial charge in [-0.15, -0.1) is 11.3 Å². The highest BCUT2D eigenvalue weighted by atomic mass is 32.1. The molecule has 5 heteroatoms. The van der Waals surface area contributed by atoms with Crippen molar-refractivity contribution in [3.63, 3.8) is 0 Å². The molecule has 1 aromatic rings. The van der Waals surface area contributed by atoms with Crippen molar-refractivity contribution in [3.8, 4) is 6.07 Å². The molecule has 0 amide bonds. The fourth-order valence-electron chi connectivity index (χ4n) is 1.75. The summed E-state index contributed by atoms with van der Waals surface area (Å²) in [6, 6.07) is 2.84. The Morgan fingerprint density at radius 1 is 1.65 bits per heavy atom. The van der Waals surface area contributed by atoms with Crippen LogP contribution in [0.2, 0.25) is 0 Å². The summed E-state index contributed by atoms with van der Waals surface area (Å²) in [7, 11) is 0. The molecule has 1 N–H and O–H groups in total. The van der Waals surface area contributed by atoms with Crippen LogP contribution in [0.3, 0.4) is 0 Å². The summed E-state index contributed by atoms with van der Waals surface area (Å²) in [5.74, 6) is 0. The highest BCUT2D eigenvalue weighted by molar-refractivity contribution is 7.13. The van der Waals surface area contributed by atoms with Crippen LogP contribution in [-0.2, 0) is 6.54 Å². The molecule has 2 rings (SSSR count). The van der Waals surface area contributed by atoms with Gasteiger partial charge in [0.2, 0.25) is 0 Å². The van der Waals surface area contributed by atoms with Crippen molar-refractivity contribution in [2.75, 3.05) is 18.0 Å². The highest BCUT2D eigenvalue weighted by Crippen LogP contribution is 2.33. The molecule has 0 spiro atoms. The van der Waals surface area contributed by atoms with Gasteiger partial charge in [0.15, 0.2) is 5.13 Å². The predicted octanol–water partition coefficient (Wildman–Crippen LogP) is 2.14. The summed E-state index contributed by atoms with van der Waals surface area (Å²) >= 11 is 1.69. The lowest BCUT2D eigenvalue weighted by molar-refractivity contribution is 0.710. The van der Waals surface area contributed by atoms with Gasteiger partial charge in [-0.05, 0) is 19.4 Å². The molecular formula is C12H18N4S. The molecule has 1 aliphatic rings. The number of thiazole rings is 1. The molecule has 4 nitrogen and oxygen atoms in total. The van der Waals surface area contributed by atoms with Gasteiger partial charge in [-0.1, -0.05) is 6.92 Å². The third-order valence-electron chi connectivity index (χ3n) is 2.79. The number of nitrogens with one attached hydrogen (secondary N) is 1. The maximum Gasteiger partial charge on any atom is 0.185 e. The normalized spacial score (nSPS) is 14.6. The van der Waals surface area contributed by atoms with Gasteiger partial charge in [0.25, 0.3) is 0 Å². The molecule has 1 aromatic heterocycles. The zero-order valence-electron chi connectivity index (χ0n) is 10.1. The lowest BCUT2D eigenvalue weighted by Crippen LogP contribution is -2.26. The molecule has 0 aliphatic heterocycles. The third-order valence-corrected chi connectivity index (χ3v) is 3.72. The van der Waals surface area contributed by atoms with Gasteiger partial charge in [-0.2, -0.15) is 5.26 Å². The molecule has 0 unspecified atom stereocenters. The first-order chi connectivity index (χ1) is 8.35. The summed E-state index contributed by atoms with van der Waals surface area (Å²) < 4.78 is 0. The summed E-state index contributed by atoms with van der Waals surface area (Å²) in [5, 5.41) is 15.2. The van der Waals surface area contributed by atoms with E-state index in [4.69, 9.17) is 5.26 Å². The van der Waals surface area contributed by atoms with Gasteiger partial charge in [0.05, 0.1) is 18.2 Å². The van der Waals surface area contributed by atoms with E-state index in [0.717, 1.165) is 30.5 Å². The first kappa shape index (κ1) is 12.3. The zero-order valence-corrected chi connectivity index (χ0v) is 11.0. The minimum absolute atomic E-state index is 0.582. The molecular weight excluding hydrogens is 232 g/mol. The van der Waals surface area contributed by atoms with Crippen LogP contribution in [-0.4, -0.2) is 24.1 Å². The van der Waals surface area contributed by atoms with Crippen molar-refractivity contribution in [1.29, 1.82) is 5.26 Å². The van der Waals surface area contributed by atoms with E-state index in [1.807, 2.05) is 0 Å². The molecule has 0 bridgehead atoms. The summed E-state index contributed by atoms with van der Waals surface area (Å²) in [6.45, 7) is 4.71. The Morgan fingerprint density at radius 3 is 3.12 bits per heavy atom. The summed E-state index contributed by atoms with van der Waals surface area (Å²) in [4.78, 5) is 6.93. The number of aromatic nitrogens is 1. The van der Waals surface area contributed by atoms with Crippen LogP contribution in [0.4, 0.5) is 5.13 Å². The second-order valence-electron chi connectivity index (χ2n) is 4.23. The average Bonchev–Trinajstić information content (AvgIpc) is 3.07. The number of rotatable bonds is 7. The van der Waals surface area contributed by atoms with Crippen molar-refractivity contribution in [1.82, 2.24) is 10.3 Å². The zero-order chi connectivity index (χ0) is 12.1. The molecule has 92 valence electrons. The van der Waals surface area contributed by atoms with Crippen LogP contribution < -0.4 is 10.2 Å². The molecule has 17 heavy (non-hydrogen) atoms. The maximum absolute atomic E-state index is 8.68. The van der Waals surface area contributed by atoms with Crippen LogP contribution >= 0.6 is 11.3 Å². The monoisotopic (exact) mass is 250 g/mol. The minimum Gasteiger partial charge on any atom is -0.344 e. The van der Waals surface area contributed by atoms with E-state index in [1.165, 1.54) is 12.8 Å². The lowest BCUT2D eigenvalue weighted by atomic mass is 10.4. The predicted molar refractivity (Wildman–Crippen MR) is 70.1 cm³/mol. The molecule has 1 fully saturated rings. The van der Waals surface area contributed by atoms with Gasteiger partial charge in [0.1, 0.15) is 0 Å². The van der Waals surface area contributed by atoms with Crippen LogP contribution in [0.5, 0.6) is 0 Å². The average molecular weight is 250 g/mol. The second kappa shape index (κ2) is 5.99. The summed E-state index contributed by atoms with van der Waals surface area (Å²) in [6.07, 6.45) is 3.07. The van der Waals surface area contributed by atoms with Gasteiger partial charge < -0.3 is 10.2 Å². The Hall–Kier alpha value is -1.12. The number of hydrogen-bond donors (Lipinski definition) is 1. The number of anilines is 1. The molecule has 1 saturated carbocycles. The Balaban J connectivity index is 1.97. The topological polar surface area (TPSA) is 52.0 Å². The van der Waals surface area contributed by atoms with Crippen molar-refractivity contribution in [2.24, 2.45) is 0 Å². The van der Waals surface area contributed by atoms with E-state index < -0.39 is 0 Å². The smallest absolute Gasteiger partial charge is 0.185 e. The van der Waals surface area contributed by atoms with Crippen LogP contribution in [0.25, 0.3) is 0 Å². The van der Waals surface area contributed by atoms with E-state index >= 15 is 0 Å². The standard InChI is InChI=1S/C12H18N4S/c1-2-14-8-10-9-17-12(15-10)16(7-3-6-13)11-4-5-11/h9,11,14H,2-5,7-8H2,1H3. The first-order valence-electron chi connectivity index (χ1n) is 6.14. The van der Waals surface area contributed by atoms with E-state index in [2.05, 4.69) is 33.6 Å².